The molecule has 1 aromatic heterocycles. The van der Waals surface area contributed by atoms with Crippen LogP contribution in [-0.2, 0) is 14.8 Å². The van der Waals surface area contributed by atoms with Crippen molar-refractivity contribution in [1.82, 2.24) is 14.5 Å². The van der Waals surface area contributed by atoms with Gasteiger partial charge >= 0.3 is 0 Å². The van der Waals surface area contributed by atoms with Crippen LogP contribution in [0.25, 0.3) is 10.6 Å². The van der Waals surface area contributed by atoms with E-state index >= 15 is 0 Å². The summed E-state index contributed by atoms with van der Waals surface area (Å²) in [7, 11) is -1.94. The number of hydrogen-bond acceptors (Lipinski definition) is 7. The molecule has 1 fully saturated rings. The summed E-state index contributed by atoms with van der Waals surface area (Å²) in [5.41, 5.74) is 1.89. The Morgan fingerprint density at radius 1 is 1.06 bits per heavy atom. The number of methoxy groups -OCH3 is 1. The van der Waals surface area contributed by atoms with Gasteiger partial charge in [-0.3, -0.25) is 4.79 Å². The number of rotatable bonds is 6. The van der Waals surface area contributed by atoms with E-state index in [2.05, 4.69) is 15.5 Å². The normalized spacial score (nSPS) is 15.4. The molecule has 1 aliphatic rings. The van der Waals surface area contributed by atoms with Crippen molar-refractivity contribution in [2.75, 3.05) is 25.5 Å². The first-order chi connectivity index (χ1) is 15.4. The van der Waals surface area contributed by atoms with Crippen molar-refractivity contribution in [1.29, 1.82) is 0 Å². The molecule has 3 aromatic rings. The van der Waals surface area contributed by atoms with E-state index in [0.29, 0.717) is 36.1 Å². The van der Waals surface area contributed by atoms with Gasteiger partial charge in [0.15, 0.2) is 0 Å². The molecule has 32 heavy (non-hydrogen) atoms. The largest absolute Gasteiger partial charge is 0.497 e. The number of sulfonamides is 1. The highest BCUT2D eigenvalue weighted by Gasteiger charge is 2.32. The number of nitrogens with one attached hydrogen (secondary N) is 1. The van der Waals surface area contributed by atoms with Crippen molar-refractivity contribution in [3.63, 3.8) is 0 Å². The zero-order valence-electron chi connectivity index (χ0n) is 17.8. The molecule has 10 heteroatoms. The Morgan fingerprint density at radius 2 is 1.72 bits per heavy atom. The third kappa shape index (κ3) is 4.82. The maximum atomic E-state index is 12.8. The molecular weight excluding hydrogens is 448 g/mol. The molecule has 1 saturated heterocycles. The predicted octanol–water partition coefficient (Wildman–Crippen LogP) is 3.56. The number of aryl methyl sites for hydroxylation is 1. The fraction of sp³-hybridized carbons (Fsp3) is 0.318. The quantitative estimate of drug-likeness (QED) is 0.589. The van der Waals surface area contributed by atoms with E-state index in [9.17, 15) is 13.2 Å². The molecule has 0 spiro atoms. The van der Waals surface area contributed by atoms with Gasteiger partial charge in [0, 0.05) is 24.6 Å². The highest BCUT2D eigenvalue weighted by atomic mass is 32.2. The molecule has 1 aliphatic heterocycles. The number of carbonyl (C=O) groups excluding carboxylic acids is 1. The number of ether oxygens (including phenoxy) is 1. The molecule has 1 N–H and O–H groups in total. The van der Waals surface area contributed by atoms with Gasteiger partial charge in [0.25, 0.3) is 0 Å². The van der Waals surface area contributed by atoms with E-state index in [4.69, 9.17) is 4.74 Å². The average molecular weight is 473 g/mol. The van der Waals surface area contributed by atoms with E-state index < -0.39 is 10.0 Å². The lowest BCUT2D eigenvalue weighted by molar-refractivity contribution is -0.120. The van der Waals surface area contributed by atoms with Crippen LogP contribution in [0.1, 0.15) is 18.4 Å². The second-order valence-electron chi connectivity index (χ2n) is 7.62. The van der Waals surface area contributed by atoms with Gasteiger partial charge in [-0.1, -0.05) is 29.0 Å². The third-order valence-electron chi connectivity index (χ3n) is 5.48. The number of anilines is 1. The van der Waals surface area contributed by atoms with Crippen LogP contribution in [0.3, 0.4) is 0 Å². The van der Waals surface area contributed by atoms with E-state index in [1.54, 1.807) is 31.4 Å². The molecule has 0 radical (unpaired) electrons. The first-order valence-electron chi connectivity index (χ1n) is 10.2. The monoisotopic (exact) mass is 472 g/mol. The molecular formula is C22H24N4O4S2. The highest BCUT2D eigenvalue weighted by Crippen LogP contribution is 2.29. The van der Waals surface area contributed by atoms with Crippen molar-refractivity contribution in [2.24, 2.45) is 5.92 Å². The summed E-state index contributed by atoms with van der Waals surface area (Å²) in [5, 5.41) is 12.2. The molecule has 0 bridgehead atoms. The van der Waals surface area contributed by atoms with Crippen LogP contribution >= 0.6 is 11.3 Å². The van der Waals surface area contributed by atoms with Crippen LogP contribution in [0.4, 0.5) is 5.13 Å². The van der Waals surface area contributed by atoms with Crippen LogP contribution in [0.2, 0.25) is 0 Å². The molecule has 0 saturated carbocycles. The van der Waals surface area contributed by atoms with Gasteiger partial charge in [0.1, 0.15) is 10.8 Å². The topological polar surface area (TPSA) is 101 Å². The maximum Gasteiger partial charge on any atom is 0.243 e. The minimum atomic E-state index is -3.55. The van der Waals surface area contributed by atoms with Crippen LogP contribution in [0.15, 0.2) is 53.4 Å². The maximum absolute atomic E-state index is 12.8. The third-order valence-corrected chi connectivity index (χ3v) is 8.28. The Balaban J connectivity index is 1.35. The van der Waals surface area contributed by atoms with Gasteiger partial charge < -0.3 is 10.1 Å². The predicted molar refractivity (Wildman–Crippen MR) is 123 cm³/mol. The first kappa shape index (κ1) is 22.4. The molecule has 2 aromatic carbocycles. The lowest BCUT2D eigenvalue weighted by Gasteiger charge is -2.30. The van der Waals surface area contributed by atoms with E-state index in [1.165, 1.54) is 15.6 Å². The zero-order chi connectivity index (χ0) is 22.7. The highest BCUT2D eigenvalue weighted by molar-refractivity contribution is 7.89. The number of hydrogen-bond donors (Lipinski definition) is 1. The van der Waals surface area contributed by atoms with Gasteiger partial charge in [0.05, 0.1) is 12.0 Å². The molecule has 2 heterocycles. The van der Waals surface area contributed by atoms with Crippen LogP contribution in [-0.4, -0.2) is 49.0 Å². The van der Waals surface area contributed by atoms with Crippen LogP contribution in [0.5, 0.6) is 5.75 Å². The fourth-order valence-electron chi connectivity index (χ4n) is 3.55. The Morgan fingerprint density at radius 3 is 2.34 bits per heavy atom. The average Bonchev–Trinajstić information content (AvgIpc) is 3.28. The van der Waals surface area contributed by atoms with Crippen molar-refractivity contribution in [2.45, 2.75) is 24.7 Å². The van der Waals surface area contributed by atoms with E-state index in [-0.39, 0.29) is 16.7 Å². The Bertz CT molecular complexity index is 1180. The number of aromatic nitrogens is 2. The Hall–Kier alpha value is -2.82. The van der Waals surface area contributed by atoms with Crippen LogP contribution < -0.4 is 10.1 Å². The summed E-state index contributed by atoms with van der Waals surface area (Å²) in [6.45, 7) is 2.53. The van der Waals surface area contributed by atoms with E-state index in [0.717, 1.165) is 16.9 Å². The van der Waals surface area contributed by atoms with Gasteiger partial charge in [-0.2, -0.15) is 4.31 Å². The summed E-state index contributed by atoms with van der Waals surface area (Å²) < 4.78 is 32.3. The minimum Gasteiger partial charge on any atom is -0.497 e. The molecule has 0 unspecified atom stereocenters. The number of carbonyl (C=O) groups is 1. The first-order valence-corrected chi connectivity index (χ1v) is 12.5. The summed E-state index contributed by atoms with van der Waals surface area (Å²) in [6, 6.07) is 14.3. The standard InChI is InChI=1S/C22H24N4O4S2/c1-15-3-9-19(10-4-15)32(28,29)26-13-11-16(12-14-26)20(27)23-22-25-24-21(31-22)17-5-7-18(30-2)8-6-17/h3-10,16H,11-14H2,1-2H3,(H,23,25,27). The van der Waals surface area contributed by atoms with Gasteiger partial charge in [-0.25, -0.2) is 8.42 Å². The summed E-state index contributed by atoms with van der Waals surface area (Å²) in [6.07, 6.45) is 0.919. The van der Waals surface area contributed by atoms with Crippen molar-refractivity contribution < 1.29 is 17.9 Å². The zero-order valence-corrected chi connectivity index (χ0v) is 19.4. The van der Waals surface area contributed by atoms with E-state index in [1.807, 2.05) is 31.2 Å². The second-order valence-corrected chi connectivity index (χ2v) is 10.5. The molecule has 0 atom stereocenters. The summed E-state index contributed by atoms with van der Waals surface area (Å²) in [4.78, 5) is 13.0. The Kier molecular flexibility index (Phi) is 6.54. The Labute approximate surface area is 191 Å². The molecule has 8 nitrogen and oxygen atoms in total. The molecule has 4 rings (SSSR count). The number of amides is 1. The van der Waals surface area contributed by atoms with Crippen molar-refractivity contribution >= 4 is 32.4 Å². The fourth-order valence-corrected chi connectivity index (χ4v) is 5.77. The summed E-state index contributed by atoms with van der Waals surface area (Å²) in [5.74, 6) is 0.324. The molecule has 1 amide bonds. The van der Waals surface area contributed by atoms with Crippen molar-refractivity contribution in [3.05, 3.63) is 54.1 Å². The second kappa shape index (κ2) is 9.35. The van der Waals surface area contributed by atoms with Crippen LogP contribution in [0, 0.1) is 12.8 Å². The summed E-state index contributed by atoms with van der Waals surface area (Å²) >= 11 is 1.29. The van der Waals surface area contributed by atoms with Gasteiger partial charge in [-0.15, -0.1) is 10.2 Å². The number of benzene rings is 2. The molecule has 0 aliphatic carbocycles. The number of nitrogens with zero attached hydrogens (tertiary/aromatic N) is 3. The number of piperidine rings is 1. The minimum absolute atomic E-state index is 0.158. The smallest absolute Gasteiger partial charge is 0.243 e. The molecule has 168 valence electrons. The van der Waals surface area contributed by atoms with Gasteiger partial charge in [-0.05, 0) is 56.2 Å². The lowest BCUT2D eigenvalue weighted by Crippen LogP contribution is -2.41. The lowest BCUT2D eigenvalue weighted by atomic mass is 9.97. The SMILES string of the molecule is COc1ccc(-c2nnc(NC(=O)C3CCN(S(=O)(=O)c4ccc(C)cc4)CC3)s2)cc1. The van der Waals surface area contributed by atoms with Gasteiger partial charge in [0.2, 0.25) is 21.1 Å². The van der Waals surface area contributed by atoms with Crippen molar-refractivity contribution in [3.8, 4) is 16.3 Å².